The molecule has 0 amide bonds. The minimum atomic E-state index is -0.730. The summed E-state index contributed by atoms with van der Waals surface area (Å²) < 4.78 is 21.6. The Balaban J connectivity index is 1.25. The van der Waals surface area contributed by atoms with E-state index in [0.29, 0.717) is 45.0 Å². The van der Waals surface area contributed by atoms with E-state index in [1.165, 1.54) is 0 Å². The van der Waals surface area contributed by atoms with Crippen LogP contribution in [0.1, 0.15) is 67.2 Å². The molecular weight excluding hydrogens is 676 g/mol. The molecule has 12 nitrogen and oxygen atoms in total. The number of nitrogens with one attached hydrogen (secondary N) is 1. The fraction of sp³-hybridized carbons (Fsp3) is 0.512. The fourth-order valence-corrected chi connectivity index (χ4v) is 7.82. The molecule has 4 N–H and O–H groups in total. The van der Waals surface area contributed by atoms with Crippen LogP contribution in [0.4, 0.5) is 0 Å². The highest BCUT2D eigenvalue weighted by Crippen LogP contribution is 2.46. The van der Waals surface area contributed by atoms with Gasteiger partial charge in [-0.1, -0.05) is 13.8 Å². The summed E-state index contributed by atoms with van der Waals surface area (Å²) in [6, 6.07) is 0. The zero-order chi connectivity index (χ0) is 37.8. The highest BCUT2D eigenvalue weighted by Gasteiger charge is 2.41. The smallest absolute Gasteiger partial charge is 0.305 e. The monoisotopic (exact) mass is 728 g/mol. The van der Waals surface area contributed by atoms with Crippen LogP contribution in [-0.4, -0.2) is 97.4 Å². The molecule has 0 aromatic carbocycles. The first-order chi connectivity index (χ1) is 25.5. The molecule has 0 radical (unpaired) electrons. The number of nitrogens with zero attached hydrogens (tertiary/aromatic N) is 3. The number of esters is 1. The molecule has 5 heterocycles. The second-order valence-electron chi connectivity index (χ2n) is 14.0. The summed E-state index contributed by atoms with van der Waals surface area (Å²) in [5.74, 6) is -0.117. The summed E-state index contributed by atoms with van der Waals surface area (Å²) in [6.07, 6.45) is 7.16. The van der Waals surface area contributed by atoms with E-state index in [9.17, 15) is 15.0 Å². The predicted octanol–water partition coefficient (Wildman–Crippen LogP) is 5.40. The third-order valence-electron chi connectivity index (χ3n) is 10.6. The van der Waals surface area contributed by atoms with Crippen LogP contribution in [0.2, 0.25) is 0 Å². The topological polar surface area (TPSA) is 164 Å². The number of aliphatic imine (C=N–C) groups is 3. The lowest BCUT2D eigenvalue weighted by Gasteiger charge is -2.17. The quantitative estimate of drug-likeness (QED) is 0.120. The van der Waals surface area contributed by atoms with Crippen LogP contribution in [0.3, 0.4) is 0 Å². The maximum absolute atomic E-state index is 13.0. The zero-order valence-corrected chi connectivity index (χ0v) is 31.7. The van der Waals surface area contributed by atoms with Gasteiger partial charge in [0.05, 0.1) is 86.6 Å². The van der Waals surface area contributed by atoms with Crippen molar-refractivity contribution in [3.63, 3.8) is 0 Å². The number of carbonyl (C=O) groups excluding carboxylic acids is 1. The van der Waals surface area contributed by atoms with Gasteiger partial charge in [-0.15, -0.1) is 0 Å². The Kier molecular flexibility index (Phi) is 12.3. The van der Waals surface area contributed by atoms with Crippen LogP contribution in [0.15, 0.2) is 106 Å². The molecule has 53 heavy (non-hydrogen) atoms. The molecule has 8 bridgehead atoms. The number of fused-ring (bicyclic) bond motifs is 5. The van der Waals surface area contributed by atoms with Gasteiger partial charge in [0.1, 0.15) is 12.4 Å². The summed E-state index contributed by atoms with van der Waals surface area (Å²) in [6.45, 7) is 14.3. The second-order valence-corrected chi connectivity index (χ2v) is 14.0. The van der Waals surface area contributed by atoms with Gasteiger partial charge in [0.2, 0.25) is 0 Å². The first kappa shape index (κ1) is 38.5. The molecule has 0 spiro atoms. The van der Waals surface area contributed by atoms with Crippen molar-refractivity contribution in [3.05, 3.63) is 91.5 Å². The largest absolute Gasteiger partial charge is 0.511 e. The first-order valence-electron chi connectivity index (χ1n) is 18.7. The van der Waals surface area contributed by atoms with Crippen LogP contribution in [-0.2, 0) is 23.7 Å². The molecule has 0 saturated carbocycles. The van der Waals surface area contributed by atoms with Crippen molar-refractivity contribution in [2.75, 3.05) is 52.9 Å². The van der Waals surface area contributed by atoms with Crippen molar-refractivity contribution in [2.45, 2.75) is 73.3 Å². The number of ether oxygens (including phenoxy) is 4. The lowest BCUT2D eigenvalue weighted by atomic mass is 9.86. The molecule has 3 atom stereocenters. The van der Waals surface area contributed by atoms with E-state index in [1.54, 1.807) is 6.92 Å². The second kappa shape index (κ2) is 16.9. The van der Waals surface area contributed by atoms with Crippen molar-refractivity contribution in [2.24, 2.45) is 26.8 Å². The summed E-state index contributed by atoms with van der Waals surface area (Å²) >= 11 is 0. The van der Waals surface area contributed by atoms with E-state index in [0.717, 1.165) is 85.4 Å². The highest BCUT2D eigenvalue weighted by molar-refractivity contribution is 6.21. The highest BCUT2D eigenvalue weighted by atomic mass is 16.6. The van der Waals surface area contributed by atoms with Crippen molar-refractivity contribution in [1.82, 2.24) is 5.32 Å². The lowest BCUT2D eigenvalue weighted by Crippen LogP contribution is -2.17. The Morgan fingerprint density at radius 1 is 0.906 bits per heavy atom. The van der Waals surface area contributed by atoms with Gasteiger partial charge in [-0.05, 0) is 81.1 Å². The SMILES string of the molecule is CCC1=C(C)C2=NC1=CC1=C(C)C3=C(O)CC(=C4NC(=CC5=NC(=C2)C([C@H](C)O)=C5C)[C@@H](C)[C@@H]4CCC(=O)OCCOCCOCCOCCO)C3=N1. The number of rotatable bonds is 16. The maximum atomic E-state index is 13.0. The minimum absolute atomic E-state index is 0.0153. The van der Waals surface area contributed by atoms with Crippen LogP contribution >= 0.6 is 0 Å². The van der Waals surface area contributed by atoms with E-state index in [-0.39, 0.29) is 56.4 Å². The Bertz CT molecular complexity index is 1880. The predicted molar refractivity (Wildman–Crippen MR) is 203 cm³/mol. The summed E-state index contributed by atoms with van der Waals surface area (Å²) in [5, 5.41) is 34.7. The van der Waals surface area contributed by atoms with Crippen LogP contribution in [0.5, 0.6) is 0 Å². The van der Waals surface area contributed by atoms with Crippen LogP contribution in [0, 0.1) is 11.8 Å². The number of hydrogen-bond donors (Lipinski definition) is 4. The average molecular weight is 729 g/mol. The zero-order valence-electron chi connectivity index (χ0n) is 31.7. The van der Waals surface area contributed by atoms with E-state index in [2.05, 4.69) is 26.1 Å². The molecule has 6 aliphatic rings. The first-order valence-corrected chi connectivity index (χ1v) is 18.7. The summed E-state index contributed by atoms with van der Waals surface area (Å²) in [5.41, 5.74) is 13.0. The van der Waals surface area contributed by atoms with Gasteiger partial charge in [0.25, 0.3) is 0 Å². The molecule has 1 fully saturated rings. The number of carbonyl (C=O) groups is 1. The third-order valence-corrected chi connectivity index (χ3v) is 10.6. The fourth-order valence-electron chi connectivity index (χ4n) is 7.82. The van der Waals surface area contributed by atoms with Crippen LogP contribution in [0.25, 0.3) is 0 Å². The van der Waals surface area contributed by atoms with Gasteiger partial charge in [-0.25, -0.2) is 15.0 Å². The van der Waals surface area contributed by atoms with Crippen molar-refractivity contribution in [1.29, 1.82) is 0 Å². The number of allylic oxidation sites excluding steroid dienone is 11. The lowest BCUT2D eigenvalue weighted by molar-refractivity contribution is -0.145. The molecular formula is C41H52N4O8. The van der Waals surface area contributed by atoms with Gasteiger partial charge in [-0.2, -0.15) is 0 Å². The average Bonchev–Trinajstić information content (AvgIpc) is 3.88. The summed E-state index contributed by atoms with van der Waals surface area (Å²) in [4.78, 5) is 28.2. The number of aliphatic hydroxyl groups is 3. The Morgan fingerprint density at radius 3 is 2.25 bits per heavy atom. The maximum Gasteiger partial charge on any atom is 0.305 e. The Labute approximate surface area is 311 Å². The van der Waals surface area contributed by atoms with Crippen molar-refractivity contribution < 1.29 is 39.1 Å². The molecule has 1 aliphatic carbocycles. The Hall–Kier alpha value is -4.20. The van der Waals surface area contributed by atoms with E-state index in [1.807, 2.05) is 32.1 Å². The molecule has 5 aliphatic heterocycles. The van der Waals surface area contributed by atoms with E-state index in [4.69, 9.17) is 39.0 Å². The minimum Gasteiger partial charge on any atom is -0.511 e. The molecule has 1 saturated heterocycles. The Morgan fingerprint density at radius 2 is 1.57 bits per heavy atom. The van der Waals surface area contributed by atoms with E-state index < -0.39 is 6.10 Å². The van der Waals surface area contributed by atoms with E-state index >= 15 is 0 Å². The van der Waals surface area contributed by atoms with Gasteiger partial charge in [0, 0.05) is 52.8 Å². The van der Waals surface area contributed by atoms with Gasteiger partial charge >= 0.3 is 5.97 Å². The summed E-state index contributed by atoms with van der Waals surface area (Å²) in [7, 11) is 0. The van der Waals surface area contributed by atoms with Crippen molar-refractivity contribution in [3.8, 4) is 0 Å². The van der Waals surface area contributed by atoms with Crippen LogP contribution < -0.4 is 5.32 Å². The number of hydrogen-bond acceptors (Lipinski definition) is 12. The van der Waals surface area contributed by atoms with Crippen molar-refractivity contribution >= 4 is 23.1 Å². The van der Waals surface area contributed by atoms with Gasteiger partial charge in [0.15, 0.2) is 0 Å². The molecule has 284 valence electrons. The molecule has 0 aromatic heterocycles. The number of aliphatic hydroxyl groups excluding tert-OH is 3. The molecule has 0 unspecified atom stereocenters. The van der Waals surface area contributed by atoms with Gasteiger partial charge < -0.3 is 39.6 Å². The third kappa shape index (κ3) is 8.02. The molecule has 0 aromatic rings. The van der Waals surface area contributed by atoms with Gasteiger partial charge in [-0.3, -0.25) is 4.79 Å². The normalized spacial score (nSPS) is 22.7. The molecule has 12 heteroatoms. The molecule has 6 rings (SSSR count). The standard InChI is InChI=1S/C41H52N4O8/c1-7-27-22(2)30-21-35-38(26(6)47)24(4)32(43-35)19-31-23(3)28(8-9-37(49)53-17-16-52-15-14-51-13-12-50-11-10-46)40(44-31)29-18-36(48)39-25(5)33(45-41(29)39)20-34(27)42-30/h19-21,23,26,28,44,46-48H,7-18H2,1-6H3/t23-,26-,28-/m0/s1.